The number of piperazine rings is 1. The van der Waals surface area contributed by atoms with Crippen molar-refractivity contribution in [2.45, 2.75) is 0 Å². The van der Waals surface area contributed by atoms with E-state index in [1.807, 2.05) is 47.4 Å². The van der Waals surface area contributed by atoms with Crippen molar-refractivity contribution in [1.29, 1.82) is 0 Å². The van der Waals surface area contributed by atoms with Crippen LogP contribution in [-0.2, 0) is 9.59 Å². The molecule has 7 heteroatoms. The van der Waals surface area contributed by atoms with Crippen LogP contribution in [0.1, 0.15) is 5.56 Å². The lowest BCUT2D eigenvalue weighted by atomic mass is 10.2. The van der Waals surface area contributed by atoms with Crippen molar-refractivity contribution in [3.8, 4) is 0 Å². The third-order valence-electron chi connectivity index (χ3n) is 4.60. The number of pyridine rings is 1. The molecule has 29 heavy (non-hydrogen) atoms. The van der Waals surface area contributed by atoms with E-state index in [0.29, 0.717) is 23.8 Å². The van der Waals surface area contributed by atoms with Gasteiger partial charge in [0.05, 0.1) is 12.1 Å². The number of carbonyl (C=O) groups excluding carboxylic acids is 2. The fraction of sp³-hybridized carbons (Fsp3) is 0.136. The van der Waals surface area contributed by atoms with Gasteiger partial charge in [0.15, 0.2) is 0 Å². The Labute approximate surface area is 173 Å². The summed E-state index contributed by atoms with van der Waals surface area (Å²) in [7, 11) is 0. The van der Waals surface area contributed by atoms with Gasteiger partial charge < -0.3 is 15.5 Å². The summed E-state index contributed by atoms with van der Waals surface area (Å²) in [6, 6.07) is 16.6. The van der Waals surface area contributed by atoms with Crippen LogP contribution in [0.15, 0.2) is 60.7 Å². The van der Waals surface area contributed by atoms with Gasteiger partial charge in [0.25, 0.3) is 0 Å². The number of benzene rings is 2. The van der Waals surface area contributed by atoms with Gasteiger partial charge in [0, 0.05) is 35.3 Å². The summed E-state index contributed by atoms with van der Waals surface area (Å²) in [5.41, 5.74) is 2.39. The van der Waals surface area contributed by atoms with Crippen LogP contribution in [0.5, 0.6) is 0 Å². The molecule has 1 aliphatic heterocycles. The Morgan fingerprint density at radius 2 is 1.97 bits per heavy atom. The molecule has 6 nitrogen and oxygen atoms in total. The summed E-state index contributed by atoms with van der Waals surface area (Å²) in [5, 5.41) is 7.23. The molecule has 0 aliphatic carbocycles. The number of carbonyl (C=O) groups is 2. The van der Waals surface area contributed by atoms with E-state index in [9.17, 15) is 9.59 Å². The SMILES string of the molecule is O=C(/C=C/c1ccc(Cl)cc1)Nc1ccc2nc(N3CCNC(=O)C3)ccc2c1. The molecule has 1 aliphatic rings. The van der Waals surface area contributed by atoms with Gasteiger partial charge in [-0.25, -0.2) is 4.98 Å². The van der Waals surface area contributed by atoms with Gasteiger partial charge in [-0.1, -0.05) is 23.7 Å². The number of fused-ring (bicyclic) bond motifs is 1. The van der Waals surface area contributed by atoms with Crippen molar-refractivity contribution in [2.24, 2.45) is 0 Å². The normalized spacial score (nSPS) is 14.2. The third-order valence-corrected chi connectivity index (χ3v) is 4.85. The lowest BCUT2D eigenvalue weighted by Gasteiger charge is -2.27. The van der Waals surface area contributed by atoms with Crippen molar-refractivity contribution >= 4 is 51.9 Å². The molecule has 1 fully saturated rings. The summed E-state index contributed by atoms with van der Waals surface area (Å²) in [4.78, 5) is 30.4. The van der Waals surface area contributed by atoms with Crippen molar-refractivity contribution in [2.75, 3.05) is 29.9 Å². The average molecular weight is 407 g/mol. The Balaban J connectivity index is 1.45. The molecule has 0 spiro atoms. The topological polar surface area (TPSA) is 74.3 Å². The Morgan fingerprint density at radius 1 is 1.14 bits per heavy atom. The van der Waals surface area contributed by atoms with Crippen LogP contribution in [0.4, 0.5) is 11.5 Å². The minimum Gasteiger partial charge on any atom is -0.353 e. The molecule has 0 unspecified atom stereocenters. The van der Waals surface area contributed by atoms with E-state index < -0.39 is 0 Å². The Bertz CT molecular complexity index is 1100. The Kier molecular flexibility index (Phi) is 5.44. The van der Waals surface area contributed by atoms with E-state index in [1.165, 1.54) is 6.08 Å². The molecule has 2 amide bonds. The number of halogens is 1. The Morgan fingerprint density at radius 3 is 2.76 bits per heavy atom. The fourth-order valence-corrected chi connectivity index (χ4v) is 3.26. The lowest BCUT2D eigenvalue weighted by Crippen LogP contribution is -2.48. The van der Waals surface area contributed by atoms with Gasteiger partial charge in [-0.2, -0.15) is 0 Å². The second-order valence-electron chi connectivity index (χ2n) is 6.72. The minimum absolute atomic E-state index is 0.00265. The summed E-state index contributed by atoms with van der Waals surface area (Å²) in [5.74, 6) is 0.557. The standard InChI is InChI=1S/C22H19ClN4O2/c23-17-5-1-15(2-6-17)3-10-21(28)25-18-7-8-19-16(13-18)4-9-20(26-19)27-12-11-24-22(29)14-27/h1-10,13H,11-12,14H2,(H,24,29)(H,25,28)/b10-3+. The molecule has 3 aromatic rings. The number of hydrogen-bond donors (Lipinski definition) is 2. The molecule has 4 rings (SSSR count). The molecule has 2 N–H and O–H groups in total. The zero-order chi connectivity index (χ0) is 20.2. The van der Waals surface area contributed by atoms with Crippen LogP contribution in [-0.4, -0.2) is 36.4 Å². The van der Waals surface area contributed by atoms with Crippen LogP contribution in [0.25, 0.3) is 17.0 Å². The van der Waals surface area contributed by atoms with Crippen LogP contribution < -0.4 is 15.5 Å². The number of nitrogens with zero attached hydrogens (tertiary/aromatic N) is 2. The molecule has 0 bridgehead atoms. The summed E-state index contributed by atoms with van der Waals surface area (Å²) in [6.45, 7) is 1.66. The van der Waals surface area contributed by atoms with Gasteiger partial charge in [-0.3, -0.25) is 9.59 Å². The molecule has 0 atom stereocenters. The van der Waals surface area contributed by atoms with Gasteiger partial charge in [-0.15, -0.1) is 0 Å². The zero-order valence-corrected chi connectivity index (χ0v) is 16.3. The van der Waals surface area contributed by atoms with Crippen molar-refractivity contribution in [3.05, 3.63) is 71.3 Å². The highest BCUT2D eigenvalue weighted by molar-refractivity contribution is 6.30. The largest absolute Gasteiger partial charge is 0.353 e. The molecular formula is C22H19ClN4O2. The molecule has 1 saturated heterocycles. The van der Waals surface area contributed by atoms with E-state index >= 15 is 0 Å². The Hall–Kier alpha value is -3.38. The van der Waals surface area contributed by atoms with Crippen LogP contribution in [0.2, 0.25) is 5.02 Å². The van der Waals surface area contributed by atoms with Crippen molar-refractivity contribution < 1.29 is 9.59 Å². The smallest absolute Gasteiger partial charge is 0.248 e. The number of aromatic nitrogens is 1. The van der Waals surface area contributed by atoms with Crippen LogP contribution in [0, 0.1) is 0 Å². The number of nitrogens with one attached hydrogen (secondary N) is 2. The van der Waals surface area contributed by atoms with Crippen LogP contribution in [0.3, 0.4) is 0 Å². The highest BCUT2D eigenvalue weighted by atomic mass is 35.5. The number of hydrogen-bond acceptors (Lipinski definition) is 4. The first kappa shape index (κ1) is 19.0. The molecule has 2 aromatic carbocycles. The minimum atomic E-state index is -0.219. The fourth-order valence-electron chi connectivity index (χ4n) is 3.13. The summed E-state index contributed by atoms with van der Waals surface area (Å²) in [6.07, 6.45) is 3.21. The van der Waals surface area contributed by atoms with E-state index in [0.717, 1.165) is 28.8 Å². The predicted molar refractivity (Wildman–Crippen MR) is 116 cm³/mol. The van der Waals surface area contributed by atoms with Gasteiger partial charge in [0.1, 0.15) is 5.82 Å². The molecular weight excluding hydrogens is 388 g/mol. The molecule has 1 aromatic heterocycles. The first-order chi connectivity index (χ1) is 14.1. The molecule has 0 saturated carbocycles. The number of amides is 2. The van der Waals surface area contributed by atoms with E-state index in [4.69, 9.17) is 11.6 Å². The molecule has 146 valence electrons. The number of anilines is 2. The first-order valence-electron chi connectivity index (χ1n) is 9.24. The first-order valence-corrected chi connectivity index (χ1v) is 9.62. The lowest BCUT2D eigenvalue weighted by molar-refractivity contribution is -0.120. The third kappa shape index (κ3) is 4.73. The summed E-state index contributed by atoms with van der Waals surface area (Å²) < 4.78 is 0. The van der Waals surface area contributed by atoms with Crippen molar-refractivity contribution in [3.63, 3.8) is 0 Å². The molecule has 2 heterocycles. The molecule has 0 radical (unpaired) electrons. The predicted octanol–water partition coefficient (Wildman–Crippen LogP) is 3.48. The maximum absolute atomic E-state index is 12.2. The van der Waals surface area contributed by atoms with Gasteiger partial charge >= 0.3 is 0 Å². The quantitative estimate of drug-likeness (QED) is 0.650. The van der Waals surface area contributed by atoms with E-state index in [2.05, 4.69) is 15.6 Å². The second kappa shape index (κ2) is 8.32. The highest BCUT2D eigenvalue weighted by Crippen LogP contribution is 2.22. The maximum atomic E-state index is 12.2. The van der Waals surface area contributed by atoms with Crippen LogP contribution >= 0.6 is 11.6 Å². The monoisotopic (exact) mass is 406 g/mol. The number of rotatable bonds is 4. The summed E-state index contributed by atoms with van der Waals surface area (Å²) >= 11 is 5.86. The van der Waals surface area contributed by atoms with Crippen molar-refractivity contribution in [1.82, 2.24) is 10.3 Å². The van der Waals surface area contributed by atoms with Gasteiger partial charge in [0.2, 0.25) is 11.8 Å². The average Bonchev–Trinajstić information content (AvgIpc) is 2.73. The second-order valence-corrected chi connectivity index (χ2v) is 7.16. The zero-order valence-electron chi connectivity index (χ0n) is 15.6. The van der Waals surface area contributed by atoms with E-state index in [-0.39, 0.29) is 11.8 Å². The highest BCUT2D eigenvalue weighted by Gasteiger charge is 2.17. The maximum Gasteiger partial charge on any atom is 0.248 e. The van der Waals surface area contributed by atoms with Gasteiger partial charge in [-0.05, 0) is 54.1 Å². The van der Waals surface area contributed by atoms with E-state index in [1.54, 1.807) is 18.2 Å².